The van der Waals surface area contributed by atoms with E-state index >= 15 is 0 Å². The van der Waals surface area contributed by atoms with Crippen LogP contribution in [-0.4, -0.2) is 17.5 Å². The molecule has 1 aliphatic heterocycles. The van der Waals surface area contributed by atoms with E-state index in [1.807, 2.05) is 41.3 Å². The van der Waals surface area contributed by atoms with Gasteiger partial charge in [-0.2, -0.15) is 0 Å². The molecule has 0 saturated carbocycles. The highest BCUT2D eigenvalue weighted by molar-refractivity contribution is 6.30. The van der Waals surface area contributed by atoms with Gasteiger partial charge in [0.25, 0.3) is 0 Å². The number of aromatic nitrogens is 1. The number of halogens is 1. The van der Waals surface area contributed by atoms with Crippen molar-refractivity contribution in [2.24, 2.45) is 10.7 Å². The predicted molar refractivity (Wildman–Crippen MR) is 82.0 cm³/mol. The lowest BCUT2D eigenvalue weighted by Crippen LogP contribution is -2.47. The summed E-state index contributed by atoms with van der Waals surface area (Å²) in [5, 5.41) is 0.703. The second kappa shape index (κ2) is 4.80. The van der Waals surface area contributed by atoms with Gasteiger partial charge in [0, 0.05) is 23.1 Å². The first-order chi connectivity index (χ1) is 9.61. The van der Waals surface area contributed by atoms with Crippen molar-refractivity contribution < 1.29 is 0 Å². The molecule has 1 aliphatic rings. The van der Waals surface area contributed by atoms with Crippen LogP contribution in [0.1, 0.15) is 12.5 Å². The van der Waals surface area contributed by atoms with Gasteiger partial charge in [0.05, 0.1) is 12.1 Å². The number of aliphatic imine (C=N–C) groups is 1. The van der Waals surface area contributed by atoms with E-state index in [1.54, 1.807) is 12.4 Å². The normalized spacial score (nSPS) is 21.9. The predicted octanol–water partition coefficient (Wildman–Crippen LogP) is 2.79. The summed E-state index contributed by atoms with van der Waals surface area (Å²) >= 11 is 5.95. The lowest BCUT2D eigenvalue weighted by atomic mass is 9.91. The summed E-state index contributed by atoms with van der Waals surface area (Å²) < 4.78 is 0. The summed E-state index contributed by atoms with van der Waals surface area (Å²) in [4.78, 5) is 10.5. The topological polar surface area (TPSA) is 54.5 Å². The molecule has 1 unspecified atom stereocenters. The standard InChI is InChI=1S/C15H15ClN4/c1-15(11-6-8-18-9-7-11)10-19-14(17)20(15)13-4-2-12(16)3-5-13/h2-9H,10H2,1H3,(H2,17,19). The van der Waals surface area contributed by atoms with Crippen LogP contribution < -0.4 is 10.6 Å². The third-order valence-electron chi connectivity index (χ3n) is 3.66. The van der Waals surface area contributed by atoms with E-state index in [4.69, 9.17) is 17.3 Å². The number of pyridine rings is 1. The summed E-state index contributed by atoms with van der Waals surface area (Å²) in [5.74, 6) is 0.520. The molecule has 0 spiro atoms. The highest BCUT2D eigenvalue weighted by Crippen LogP contribution is 2.36. The SMILES string of the molecule is CC1(c2ccncc2)CN=C(N)N1c1ccc(Cl)cc1. The van der Waals surface area contributed by atoms with Crippen molar-refractivity contribution in [1.82, 2.24) is 4.98 Å². The van der Waals surface area contributed by atoms with Crippen LogP contribution in [0, 0.1) is 0 Å². The minimum absolute atomic E-state index is 0.305. The minimum Gasteiger partial charge on any atom is -0.369 e. The quantitative estimate of drug-likeness (QED) is 0.923. The first-order valence-corrected chi connectivity index (χ1v) is 6.75. The van der Waals surface area contributed by atoms with E-state index in [0.29, 0.717) is 17.5 Å². The molecule has 1 aromatic carbocycles. The zero-order valence-electron chi connectivity index (χ0n) is 11.1. The number of rotatable bonds is 2. The lowest BCUT2D eigenvalue weighted by Gasteiger charge is -2.36. The number of nitrogens with zero attached hydrogens (tertiary/aromatic N) is 3. The van der Waals surface area contributed by atoms with E-state index in [1.165, 1.54) is 0 Å². The summed E-state index contributed by atoms with van der Waals surface area (Å²) in [5.41, 5.74) is 7.89. The summed E-state index contributed by atoms with van der Waals surface area (Å²) in [6.45, 7) is 2.74. The van der Waals surface area contributed by atoms with Gasteiger partial charge in [-0.25, -0.2) is 0 Å². The molecule has 3 rings (SSSR count). The van der Waals surface area contributed by atoms with Crippen LogP contribution in [0.15, 0.2) is 53.8 Å². The molecular formula is C15H15ClN4. The third kappa shape index (κ3) is 2.02. The van der Waals surface area contributed by atoms with Gasteiger partial charge in [-0.1, -0.05) is 11.6 Å². The van der Waals surface area contributed by atoms with Crippen molar-refractivity contribution in [3.8, 4) is 0 Å². The van der Waals surface area contributed by atoms with Crippen LogP contribution in [0.4, 0.5) is 5.69 Å². The number of hydrogen-bond donors (Lipinski definition) is 1. The molecule has 4 nitrogen and oxygen atoms in total. The van der Waals surface area contributed by atoms with Gasteiger partial charge in [-0.05, 0) is 48.9 Å². The Morgan fingerprint density at radius 2 is 1.80 bits per heavy atom. The van der Waals surface area contributed by atoms with Crippen LogP contribution in [0.5, 0.6) is 0 Å². The Labute approximate surface area is 122 Å². The number of hydrogen-bond acceptors (Lipinski definition) is 4. The van der Waals surface area contributed by atoms with Gasteiger partial charge in [0.15, 0.2) is 5.96 Å². The van der Waals surface area contributed by atoms with Crippen LogP contribution in [0.25, 0.3) is 0 Å². The van der Waals surface area contributed by atoms with E-state index in [9.17, 15) is 0 Å². The first kappa shape index (κ1) is 12.9. The van der Waals surface area contributed by atoms with Crippen molar-refractivity contribution in [2.45, 2.75) is 12.5 Å². The Hall–Kier alpha value is -2.07. The van der Waals surface area contributed by atoms with Gasteiger partial charge >= 0.3 is 0 Å². The maximum atomic E-state index is 6.09. The van der Waals surface area contributed by atoms with Crippen molar-refractivity contribution in [3.63, 3.8) is 0 Å². The molecule has 5 heteroatoms. The molecule has 0 fully saturated rings. The number of nitrogens with two attached hydrogens (primary N) is 1. The molecule has 1 aromatic heterocycles. The van der Waals surface area contributed by atoms with E-state index in [2.05, 4.69) is 16.9 Å². The molecule has 2 N–H and O–H groups in total. The Balaban J connectivity index is 2.06. The monoisotopic (exact) mass is 286 g/mol. The lowest BCUT2D eigenvalue weighted by molar-refractivity contribution is 0.532. The van der Waals surface area contributed by atoms with Gasteiger partial charge in [0.2, 0.25) is 0 Å². The van der Waals surface area contributed by atoms with Crippen molar-refractivity contribution in [1.29, 1.82) is 0 Å². The highest BCUT2D eigenvalue weighted by Gasteiger charge is 2.40. The second-order valence-corrected chi connectivity index (χ2v) is 5.43. The molecule has 0 bridgehead atoms. The Bertz CT molecular complexity index is 639. The van der Waals surface area contributed by atoms with E-state index < -0.39 is 0 Å². The van der Waals surface area contributed by atoms with Gasteiger partial charge in [0.1, 0.15) is 0 Å². The summed E-state index contributed by atoms with van der Waals surface area (Å²) in [6, 6.07) is 11.6. The highest BCUT2D eigenvalue weighted by atomic mass is 35.5. The fourth-order valence-corrected chi connectivity index (χ4v) is 2.69. The van der Waals surface area contributed by atoms with Crippen molar-refractivity contribution >= 4 is 23.2 Å². The Morgan fingerprint density at radius 3 is 2.45 bits per heavy atom. The maximum Gasteiger partial charge on any atom is 0.196 e. The second-order valence-electron chi connectivity index (χ2n) is 5.00. The summed E-state index contributed by atoms with van der Waals surface area (Å²) in [6.07, 6.45) is 3.57. The molecule has 20 heavy (non-hydrogen) atoms. The van der Waals surface area contributed by atoms with Crippen LogP contribution in [0.3, 0.4) is 0 Å². The molecule has 102 valence electrons. The molecule has 0 saturated heterocycles. The zero-order chi connectivity index (χ0) is 14.2. The van der Waals surface area contributed by atoms with Gasteiger partial charge in [-0.15, -0.1) is 0 Å². The minimum atomic E-state index is -0.305. The van der Waals surface area contributed by atoms with Crippen LogP contribution in [0.2, 0.25) is 5.02 Å². The van der Waals surface area contributed by atoms with Crippen LogP contribution >= 0.6 is 11.6 Å². The third-order valence-corrected chi connectivity index (χ3v) is 3.91. The smallest absolute Gasteiger partial charge is 0.196 e. The van der Waals surface area contributed by atoms with E-state index in [0.717, 1.165) is 11.3 Å². The maximum absolute atomic E-state index is 6.09. The fraction of sp³-hybridized carbons (Fsp3) is 0.200. The Morgan fingerprint density at radius 1 is 1.15 bits per heavy atom. The fourth-order valence-electron chi connectivity index (χ4n) is 2.57. The average molecular weight is 287 g/mol. The molecule has 0 aliphatic carbocycles. The number of benzene rings is 1. The molecule has 2 heterocycles. The first-order valence-electron chi connectivity index (χ1n) is 6.37. The molecular weight excluding hydrogens is 272 g/mol. The Kier molecular flexibility index (Phi) is 3.10. The number of guanidine groups is 1. The number of anilines is 1. The van der Waals surface area contributed by atoms with Crippen molar-refractivity contribution in [3.05, 3.63) is 59.4 Å². The van der Waals surface area contributed by atoms with Crippen LogP contribution in [-0.2, 0) is 5.54 Å². The molecule has 0 amide bonds. The zero-order valence-corrected chi connectivity index (χ0v) is 11.9. The largest absolute Gasteiger partial charge is 0.369 e. The summed E-state index contributed by atoms with van der Waals surface area (Å²) in [7, 11) is 0. The van der Waals surface area contributed by atoms with Gasteiger partial charge < -0.3 is 10.6 Å². The van der Waals surface area contributed by atoms with Crippen molar-refractivity contribution in [2.75, 3.05) is 11.4 Å². The average Bonchev–Trinajstić information content (AvgIpc) is 2.78. The molecule has 1 atom stereocenters. The molecule has 0 radical (unpaired) electrons. The molecule has 2 aromatic rings. The van der Waals surface area contributed by atoms with E-state index in [-0.39, 0.29) is 5.54 Å². The van der Waals surface area contributed by atoms with Gasteiger partial charge in [-0.3, -0.25) is 9.98 Å².